The van der Waals surface area contributed by atoms with Crippen LogP contribution in [0.3, 0.4) is 0 Å². The zero-order chi connectivity index (χ0) is 28.6. The Morgan fingerprint density at radius 1 is 0.868 bits per heavy atom. The predicted molar refractivity (Wildman–Crippen MR) is 146 cm³/mol. The third kappa shape index (κ3) is 9.67. The van der Waals surface area contributed by atoms with E-state index in [9.17, 15) is 19.2 Å². The van der Waals surface area contributed by atoms with Crippen molar-refractivity contribution >= 4 is 24.3 Å². The van der Waals surface area contributed by atoms with E-state index >= 15 is 0 Å². The number of imide groups is 1. The molecule has 2 aliphatic rings. The van der Waals surface area contributed by atoms with Gasteiger partial charge < -0.3 is 10.1 Å². The molecule has 9 heteroatoms. The summed E-state index contributed by atoms with van der Waals surface area (Å²) in [6.07, 6.45) is 9.81. The molecule has 0 aliphatic heterocycles. The highest BCUT2D eigenvalue weighted by Crippen LogP contribution is 2.48. The van der Waals surface area contributed by atoms with Crippen molar-refractivity contribution in [1.82, 2.24) is 10.2 Å². The second-order valence-electron chi connectivity index (χ2n) is 13.9. The minimum atomic E-state index is -0.656. The number of ether oxygens (including phenoxy) is 1. The van der Waals surface area contributed by atoms with Crippen molar-refractivity contribution < 1.29 is 23.9 Å². The van der Waals surface area contributed by atoms with Crippen molar-refractivity contribution in [2.24, 2.45) is 31.6 Å². The van der Waals surface area contributed by atoms with Gasteiger partial charge in [0.25, 0.3) is 0 Å². The van der Waals surface area contributed by atoms with Crippen LogP contribution < -0.4 is 5.32 Å². The lowest BCUT2D eigenvalue weighted by atomic mass is 9.62. The monoisotopic (exact) mass is 532 g/mol. The topological polar surface area (TPSA) is 118 Å². The standard InChI is InChI=1S/C29H48N4O5/c1-8-9-10-11-38-25(37)33(19-29(7)15-23(32-21-35)13-27(4,5)17-29)24(36)30-18-28(6)14-22(31-20-34)12-26(2,3)16-28/h22-23H,8-19H2,1-7H3,(H,30,36). The minimum absolute atomic E-state index is 0.0457. The molecule has 3 amide bonds. The number of unbranched alkanes of at least 4 members (excludes halogenated alkanes) is 2. The number of amides is 3. The average molecular weight is 533 g/mol. The van der Waals surface area contributed by atoms with Crippen LogP contribution in [0.4, 0.5) is 9.59 Å². The van der Waals surface area contributed by atoms with Crippen molar-refractivity contribution in [1.29, 1.82) is 0 Å². The van der Waals surface area contributed by atoms with E-state index in [1.807, 2.05) is 6.92 Å². The van der Waals surface area contributed by atoms with Gasteiger partial charge in [-0.3, -0.25) is 0 Å². The van der Waals surface area contributed by atoms with Crippen LogP contribution >= 0.6 is 0 Å². The van der Waals surface area contributed by atoms with Gasteiger partial charge >= 0.3 is 12.1 Å². The summed E-state index contributed by atoms with van der Waals surface area (Å²) in [7, 11) is 0. The number of isocyanates is 2. The third-order valence-corrected chi connectivity index (χ3v) is 7.96. The van der Waals surface area contributed by atoms with Gasteiger partial charge in [-0.2, -0.15) is 0 Å². The molecule has 4 unspecified atom stereocenters. The normalized spacial score (nSPS) is 29.8. The molecule has 0 aromatic carbocycles. The molecule has 2 saturated carbocycles. The van der Waals surface area contributed by atoms with Crippen molar-refractivity contribution in [3.05, 3.63) is 0 Å². The summed E-state index contributed by atoms with van der Waals surface area (Å²) >= 11 is 0. The van der Waals surface area contributed by atoms with Crippen molar-refractivity contribution in [2.45, 2.75) is 118 Å². The Morgan fingerprint density at radius 3 is 1.92 bits per heavy atom. The maximum atomic E-state index is 13.6. The highest BCUT2D eigenvalue weighted by atomic mass is 16.6. The Morgan fingerprint density at radius 2 is 1.39 bits per heavy atom. The van der Waals surface area contributed by atoms with E-state index in [-0.39, 0.29) is 41.5 Å². The molecule has 1 N–H and O–H groups in total. The molecule has 0 aromatic rings. The summed E-state index contributed by atoms with van der Waals surface area (Å²) in [4.78, 5) is 57.9. The number of hydrogen-bond donors (Lipinski definition) is 1. The van der Waals surface area contributed by atoms with Crippen LogP contribution in [0.5, 0.6) is 0 Å². The summed E-state index contributed by atoms with van der Waals surface area (Å²) in [5.74, 6) is 0. The average Bonchev–Trinajstić information content (AvgIpc) is 2.76. The summed E-state index contributed by atoms with van der Waals surface area (Å²) < 4.78 is 5.52. The highest BCUT2D eigenvalue weighted by molar-refractivity contribution is 5.91. The Labute approximate surface area is 228 Å². The third-order valence-electron chi connectivity index (χ3n) is 7.96. The Balaban J connectivity index is 2.22. The van der Waals surface area contributed by atoms with Crippen molar-refractivity contribution in [3.8, 4) is 0 Å². The molecule has 0 saturated heterocycles. The van der Waals surface area contributed by atoms with Gasteiger partial charge in [0.15, 0.2) is 0 Å². The second-order valence-corrected chi connectivity index (χ2v) is 13.9. The first kappa shape index (κ1) is 31.7. The largest absolute Gasteiger partial charge is 0.449 e. The molecule has 9 nitrogen and oxygen atoms in total. The SMILES string of the molecule is CCCCCOC(=O)N(CC1(C)CC(N=C=O)CC(C)(C)C1)C(=O)NCC1(C)CC(N=C=O)CC(C)(C)C1. The molecule has 0 aromatic heterocycles. The van der Waals surface area contributed by atoms with E-state index < -0.39 is 17.5 Å². The predicted octanol–water partition coefficient (Wildman–Crippen LogP) is 6.17. The van der Waals surface area contributed by atoms with Gasteiger partial charge in [-0.05, 0) is 66.6 Å². The first-order valence-electron chi connectivity index (χ1n) is 14.0. The van der Waals surface area contributed by atoms with E-state index in [0.717, 1.165) is 44.9 Å². The van der Waals surface area contributed by atoms with Gasteiger partial charge in [0.1, 0.15) is 0 Å². The van der Waals surface area contributed by atoms with Gasteiger partial charge in [-0.25, -0.2) is 34.1 Å². The number of carbonyl (C=O) groups is 2. The number of nitrogens with zero attached hydrogens (tertiary/aromatic N) is 3. The molecule has 0 bridgehead atoms. The van der Waals surface area contributed by atoms with Crippen molar-refractivity contribution in [2.75, 3.05) is 19.7 Å². The van der Waals surface area contributed by atoms with Crippen LogP contribution in [-0.4, -0.2) is 61.0 Å². The first-order valence-corrected chi connectivity index (χ1v) is 14.0. The van der Waals surface area contributed by atoms with Gasteiger partial charge in [-0.1, -0.05) is 61.3 Å². The van der Waals surface area contributed by atoms with E-state index in [1.165, 1.54) is 4.90 Å². The van der Waals surface area contributed by atoms with Gasteiger partial charge in [0.05, 0.1) is 18.7 Å². The fourth-order valence-electron chi connectivity index (χ4n) is 7.32. The zero-order valence-electron chi connectivity index (χ0n) is 24.5. The molecule has 0 spiro atoms. The smallest absolute Gasteiger partial charge is 0.417 e. The lowest BCUT2D eigenvalue weighted by Gasteiger charge is -2.47. The summed E-state index contributed by atoms with van der Waals surface area (Å²) in [5, 5.41) is 3.00. The number of nitrogens with one attached hydrogen (secondary N) is 1. The van der Waals surface area contributed by atoms with Crippen LogP contribution in [0.2, 0.25) is 0 Å². The molecule has 38 heavy (non-hydrogen) atoms. The highest BCUT2D eigenvalue weighted by Gasteiger charge is 2.45. The molecular formula is C29H48N4O5. The molecule has 2 rings (SSSR count). The minimum Gasteiger partial charge on any atom is -0.449 e. The van der Waals surface area contributed by atoms with Crippen LogP contribution in [0, 0.1) is 21.7 Å². The molecule has 0 radical (unpaired) electrons. The fraction of sp³-hybridized carbons (Fsp3) is 0.862. The van der Waals surface area contributed by atoms with Gasteiger partial charge in [0, 0.05) is 13.1 Å². The van der Waals surface area contributed by atoms with Crippen LogP contribution in [0.15, 0.2) is 9.98 Å². The summed E-state index contributed by atoms with van der Waals surface area (Å²) in [6, 6.07) is -0.840. The lowest BCUT2D eigenvalue weighted by Crippen LogP contribution is -2.53. The van der Waals surface area contributed by atoms with E-state index in [2.05, 4.69) is 56.8 Å². The Kier molecular flexibility index (Phi) is 10.9. The Bertz CT molecular complexity index is 937. The molecule has 4 atom stereocenters. The van der Waals surface area contributed by atoms with Crippen LogP contribution in [0.25, 0.3) is 0 Å². The maximum Gasteiger partial charge on any atom is 0.417 e. The second kappa shape index (κ2) is 13.0. The van der Waals surface area contributed by atoms with E-state index in [4.69, 9.17) is 4.74 Å². The zero-order valence-corrected chi connectivity index (χ0v) is 24.5. The van der Waals surface area contributed by atoms with Crippen LogP contribution in [0.1, 0.15) is 106 Å². The summed E-state index contributed by atoms with van der Waals surface area (Å²) in [5.41, 5.74) is -0.886. The first-order chi connectivity index (χ1) is 17.7. The number of rotatable bonds is 10. The Hall–Kier alpha value is -2.50. The van der Waals surface area contributed by atoms with E-state index in [0.29, 0.717) is 19.4 Å². The molecule has 2 fully saturated rings. The maximum absolute atomic E-state index is 13.6. The van der Waals surface area contributed by atoms with E-state index in [1.54, 1.807) is 12.2 Å². The number of aliphatic imine (C=N–C) groups is 2. The number of carbonyl (C=O) groups excluding carboxylic acids is 4. The molecule has 214 valence electrons. The quantitative estimate of drug-likeness (QED) is 0.205. The molecular weight excluding hydrogens is 484 g/mol. The fourth-order valence-corrected chi connectivity index (χ4v) is 7.32. The lowest BCUT2D eigenvalue weighted by molar-refractivity contribution is 0.0440. The van der Waals surface area contributed by atoms with Crippen molar-refractivity contribution in [3.63, 3.8) is 0 Å². The number of urea groups is 1. The molecule has 2 aliphatic carbocycles. The molecule has 0 heterocycles. The number of hydrogen-bond acceptors (Lipinski definition) is 7. The van der Waals surface area contributed by atoms with Gasteiger partial charge in [0.2, 0.25) is 12.2 Å². The van der Waals surface area contributed by atoms with Gasteiger partial charge in [-0.15, -0.1) is 0 Å². The van der Waals surface area contributed by atoms with Crippen LogP contribution in [-0.2, 0) is 14.3 Å². The summed E-state index contributed by atoms with van der Waals surface area (Å²) in [6.45, 7) is 15.5.